The molecule has 0 radical (unpaired) electrons. The van der Waals surface area contributed by atoms with Crippen molar-refractivity contribution < 1.29 is 4.79 Å². The molecule has 0 bridgehead atoms. The van der Waals surface area contributed by atoms with Gasteiger partial charge in [0.25, 0.3) is 5.91 Å². The second kappa shape index (κ2) is 5.38. The monoisotopic (exact) mass is 343 g/mol. The Morgan fingerprint density at radius 3 is 2.47 bits per heavy atom. The molecule has 0 unspecified atom stereocenters. The van der Waals surface area contributed by atoms with E-state index in [9.17, 15) is 4.79 Å². The Morgan fingerprint density at radius 2 is 2.00 bits per heavy atom. The molecule has 1 aromatic rings. The lowest BCUT2D eigenvalue weighted by atomic mass is 9.67. The third kappa shape index (κ3) is 3.00. The molecule has 1 aliphatic carbocycles. The molecule has 2 rings (SSSR count). The van der Waals surface area contributed by atoms with Crippen LogP contribution in [0.25, 0.3) is 0 Å². The standard InChI is InChI=1S/C14H18INO/c1-2-14(8-3-9-14)10-16-13(17)11-4-6-12(15)7-5-11/h4-7H,2-3,8-10H2,1H3,(H,16,17). The largest absolute Gasteiger partial charge is 0.351 e. The van der Waals surface area contributed by atoms with Crippen LogP contribution in [0.2, 0.25) is 0 Å². The second-order valence-electron chi connectivity index (χ2n) is 4.90. The molecule has 0 heterocycles. The average Bonchev–Trinajstić information content (AvgIpc) is 2.29. The normalized spacial score (nSPS) is 17.3. The first-order valence-corrected chi connectivity index (χ1v) is 7.27. The Bertz CT molecular complexity index is 390. The van der Waals surface area contributed by atoms with E-state index in [0.29, 0.717) is 5.41 Å². The summed E-state index contributed by atoms with van der Waals surface area (Å²) in [6.45, 7) is 3.05. The van der Waals surface area contributed by atoms with Crippen LogP contribution in [-0.4, -0.2) is 12.5 Å². The molecule has 1 aromatic carbocycles. The van der Waals surface area contributed by atoms with Gasteiger partial charge in [-0.15, -0.1) is 0 Å². The highest BCUT2D eigenvalue weighted by molar-refractivity contribution is 14.1. The van der Waals surface area contributed by atoms with Gasteiger partial charge in [0.2, 0.25) is 0 Å². The van der Waals surface area contributed by atoms with Gasteiger partial charge in [0, 0.05) is 15.7 Å². The highest BCUT2D eigenvalue weighted by Gasteiger charge is 2.35. The lowest BCUT2D eigenvalue weighted by molar-refractivity contribution is 0.0850. The molecule has 0 atom stereocenters. The predicted molar refractivity (Wildman–Crippen MR) is 78.1 cm³/mol. The number of carbonyl (C=O) groups is 1. The van der Waals surface area contributed by atoms with Crippen LogP contribution in [0.3, 0.4) is 0 Å². The van der Waals surface area contributed by atoms with Gasteiger partial charge in [-0.25, -0.2) is 0 Å². The molecule has 1 amide bonds. The molecule has 92 valence electrons. The third-order valence-electron chi connectivity index (χ3n) is 3.89. The van der Waals surface area contributed by atoms with Gasteiger partial charge in [0.1, 0.15) is 0 Å². The number of carbonyl (C=O) groups excluding carboxylic acids is 1. The number of hydrogen-bond donors (Lipinski definition) is 1. The van der Waals surface area contributed by atoms with Gasteiger partial charge in [0.05, 0.1) is 0 Å². The van der Waals surface area contributed by atoms with Crippen molar-refractivity contribution >= 4 is 28.5 Å². The van der Waals surface area contributed by atoms with Gasteiger partial charge in [-0.2, -0.15) is 0 Å². The first kappa shape index (κ1) is 12.9. The van der Waals surface area contributed by atoms with E-state index in [1.165, 1.54) is 25.7 Å². The number of rotatable bonds is 4. The highest BCUT2D eigenvalue weighted by Crippen LogP contribution is 2.43. The van der Waals surface area contributed by atoms with Crippen LogP contribution >= 0.6 is 22.6 Å². The van der Waals surface area contributed by atoms with E-state index >= 15 is 0 Å². The summed E-state index contributed by atoms with van der Waals surface area (Å²) >= 11 is 2.24. The molecule has 1 saturated carbocycles. The van der Waals surface area contributed by atoms with Crippen molar-refractivity contribution in [3.63, 3.8) is 0 Å². The molecule has 3 heteroatoms. The van der Waals surface area contributed by atoms with E-state index in [-0.39, 0.29) is 5.91 Å². The minimum absolute atomic E-state index is 0.0566. The fourth-order valence-electron chi connectivity index (χ4n) is 2.30. The fraction of sp³-hybridized carbons (Fsp3) is 0.500. The van der Waals surface area contributed by atoms with Crippen molar-refractivity contribution in [3.05, 3.63) is 33.4 Å². The van der Waals surface area contributed by atoms with Crippen molar-refractivity contribution in [2.75, 3.05) is 6.54 Å². The summed E-state index contributed by atoms with van der Waals surface area (Å²) < 4.78 is 1.16. The molecule has 2 nitrogen and oxygen atoms in total. The predicted octanol–water partition coefficient (Wildman–Crippen LogP) is 3.60. The molecular formula is C14H18INO. The summed E-state index contributed by atoms with van der Waals surface area (Å²) in [5, 5.41) is 3.07. The van der Waals surface area contributed by atoms with Gasteiger partial charge in [-0.05, 0) is 71.5 Å². The first-order chi connectivity index (χ1) is 8.15. The second-order valence-corrected chi connectivity index (χ2v) is 6.14. The molecule has 1 fully saturated rings. The van der Waals surface area contributed by atoms with E-state index in [4.69, 9.17) is 0 Å². The van der Waals surface area contributed by atoms with Gasteiger partial charge in [0.15, 0.2) is 0 Å². The molecule has 0 saturated heterocycles. The molecule has 17 heavy (non-hydrogen) atoms. The Hall–Kier alpha value is -0.580. The van der Waals surface area contributed by atoms with Crippen LogP contribution in [0.1, 0.15) is 43.0 Å². The van der Waals surface area contributed by atoms with Gasteiger partial charge < -0.3 is 5.32 Å². The number of hydrogen-bond acceptors (Lipinski definition) is 1. The Balaban J connectivity index is 1.91. The number of amides is 1. The zero-order valence-corrected chi connectivity index (χ0v) is 12.3. The van der Waals surface area contributed by atoms with Crippen molar-refractivity contribution in [1.82, 2.24) is 5.32 Å². The smallest absolute Gasteiger partial charge is 0.251 e. The van der Waals surface area contributed by atoms with Gasteiger partial charge in [-0.1, -0.05) is 13.3 Å². The minimum atomic E-state index is 0.0566. The minimum Gasteiger partial charge on any atom is -0.351 e. The fourth-order valence-corrected chi connectivity index (χ4v) is 2.66. The molecular weight excluding hydrogens is 325 g/mol. The summed E-state index contributed by atoms with van der Waals surface area (Å²) in [6, 6.07) is 7.70. The number of halogens is 1. The molecule has 0 aliphatic heterocycles. The Morgan fingerprint density at radius 1 is 1.35 bits per heavy atom. The maximum atomic E-state index is 11.9. The summed E-state index contributed by atoms with van der Waals surface area (Å²) in [4.78, 5) is 11.9. The van der Waals surface area contributed by atoms with Gasteiger partial charge in [-0.3, -0.25) is 4.79 Å². The summed E-state index contributed by atoms with van der Waals surface area (Å²) in [6.07, 6.45) is 5.00. The molecule has 0 spiro atoms. The quantitative estimate of drug-likeness (QED) is 0.832. The van der Waals surface area contributed by atoms with E-state index in [1.54, 1.807) is 0 Å². The Labute approximate surface area is 116 Å². The number of benzene rings is 1. The maximum Gasteiger partial charge on any atom is 0.251 e. The van der Waals surface area contributed by atoms with Crippen molar-refractivity contribution in [1.29, 1.82) is 0 Å². The Kier molecular flexibility index (Phi) is 4.07. The van der Waals surface area contributed by atoms with Crippen LogP contribution in [0.5, 0.6) is 0 Å². The zero-order valence-electron chi connectivity index (χ0n) is 10.1. The van der Waals surface area contributed by atoms with Crippen LogP contribution in [0.15, 0.2) is 24.3 Å². The zero-order chi connectivity index (χ0) is 12.3. The van der Waals surface area contributed by atoms with Crippen LogP contribution < -0.4 is 5.32 Å². The highest BCUT2D eigenvalue weighted by atomic mass is 127. The maximum absolute atomic E-state index is 11.9. The lowest BCUT2D eigenvalue weighted by Gasteiger charge is -2.41. The van der Waals surface area contributed by atoms with E-state index in [1.807, 2.05) is 24.3 Å². The molecule has 1 N–H and O–H groups in total. The summed E-state index contributed by atoms with van der Waals surface area (Å²) in [5.74, 6) is 0.0566. The van der Waals surface area contributed by atoms with Crippen molar-refractivity contribution in [2.45, 2.75) is 32.6 Å². The van der Waals surface area contributed by atoms with E-state index < -0.39 is 0 Å². The summed E-state index contributed by atoms with van der Waals surface area (Å²) in [5.41, 5.74) is 1.15. The van der Waals surface area contributed by atoms with Gasteiger partial charge >= 0.3 is 0 Å². The topological polar surface area (TPSA) is 29.1 Å². The average molecular weight is 343 g/mol. The number of nitrogens with one attached hydrogen (secondary N) is 1. The molecule has 1 aliphatic rings. The van der Waals surface area contributed by atoms with E-state index in [0.717, 1.165) is 15.7 Å². The summed E-state index contributed by atoms with van der Waals surface area (Å²) in [7, 11) is 0. The van der Waals surface area contributed by atoms with Crippen LogP contribution in [0.4, 0.5) is 0 Å². The van der Waals surface area contributed by atoms with Crippen LogP contribution in [0, 0.1) is 8.99 Å². The SMILES string of the molecule is CCC1(CNC(=O)c2ccc(I)cc2)CCC1. The third-order valence-corrected chi connectivity index (χ3v) is 4.61. The first-order valence-electron chi connectivity index (χ1n) is 6.19. The van der Waals surface area contributed by atoms with E-state index in [2.05, 4.69) is 34.8 Å². The van der Waals surface area contributed by atoms with Crippen molar-refractivity contribution in [2.24, 2.45) is 5.41 Å². The molecule has 0 aromatic heterocycles. The lowest BCUT2D eigenvalue weighted by Crippen LogP contribution is -2.41. The van der Waals surface area contributed by atoms with Crippen LogP contribution in [-0.2, 0) is 0 Å². The van der Waals surface area contributed by atoms with Crippen molar-refractivity contribution in [3.8, 4) is 0 Å².